The highest BCUT2D eigenvalue weighted by Gasteiger charge is 2.31. The molecule has 19 heavy (non-hydrogen) atoms. The van der Waals surface area contributed by atoms with Crippen LogP contribution >= 0.6 is 0 Å². The summed E-state index contributed by atoms with van der Waals surface area (Å²) in [4.78, 5) is 0. The zero-order chi connectivity index (χ0) is 13.7. The van der Waals surface area contributed by atoms with E-state index in [4.69, 9.17) is 0 Å². The van der Waals surface area contributed by atoms with Crippen LogP contribution in [0.1, 0.15) is 43.8 Å². The van der Waals surface area contributed by atoms with Crippen molar-refractivity contribution in [1.29, 1.82) is 0 Å². The van der Waals surface area contributed by atoms with Crippen molar-refractivity contribution in [2.45, 2.75) is 43.7 Å². The summed E-state index contributed by atoms with van der Waals surface area (Å²) in [5.41, 5.74) is 0.442. The Balaban J connectivity index is 1.91. The van der Waals surface area contributed by atoms with Gasteiger partial charge < -0.3 is 15.5 Å². The maximum atomic E-state index is 12.8. The standard InChI is InChI=1S/C15H22FNO2/c16-13-6-4-12(5-7-13)14(19)10-17-15(11-18)8-2-1-3-9-15/h4-7,14,17-19H,1-3,8-11H2. The zero-order valence-electron chi connectivity index (χ0n) is 11.1. The molecule has 1 aliphatic rings. The first kappa shape index (κ1) is 14.4. The smallest absolute Gasteiger partial charge is 0.123 e. The van der Waals surface area contributed by atoms with Gasteiger partial charge in [-0.15, -0.1) is 0 Å². The fraction of sp³-hybridized carbons (Fsp3) is 0.600. The molecule has 1 aliphatic carbocycles. The summed E-state index contributed by atoms with van der Waals surface area (Å²) in [6.45, 7) is 0.481. The number of nitrogens with one attached hydrogen (secondary N) is 1. The van der Waals surface area contributed by atoms with E-state index in [2.05, 4.69) is 5.32 Å². The molecule has 1 atom stereocenters. The maximum absolute atomic E-state index is 12.8. The molecule has 0 saturated heterocycles. The lowest BCUT2D eigenvalue weighted by Gasteiger charge is -2.37. The fourth-order valence-corrected chi connectivity index (χ4v) is 2.74. The monoisotopic (exact) mass is 267 g/mol. The lowest BCUT2D eigenvalue weighted by molar-refractivity contribution is 0.0943. The van der Waals surface area contributed by atoms with Crippen molar-refractivity contribution in [3.63, 3.8) is 0 Å². The zero-order valence-corrected chi connectivity index (χ0v) is 11.1. The molecule has 0 spiro atoms. The predicted molar refractivity (Wildman–Crippen MR) is 72.3 cm³/mol. The van der Waals surface area contributed by atoms with Gasteiger partial charge in [-0.2, -0.15) is 0 Å². The minimum absolute atomic E-state index is 0.100. The van der Waals surface area contributed by atoms with E-state index in [0.717, 1.165) is 25.7 Å². The number of aliphatic hydroxyl groups is 2. The Morgan fingerprint density at radius 2 is 1.79 bits per heavy atom. The number of aliphatic hydroxyl groups excluding tert-OH is 2. The van der Waals surface area contributed by atoms with Crippen LogP contribution in [0.25, 0.3) is 0 Å². The summed E-state index contributed by atoms with van der Waals surface area (Å²) in [6, 6.07) is 5.88. The van der Waals surface area contributed by atoms with Gasteiger partial charge in [-0.05, 0) is 30.5 Å². The first-order valence-electron chi connectivity index (χ1n) is 6.95. The molecule has 1 unspecified atom stereocenters. The average molecular weight is 267 g/mol. The van der Waals surface area contributed by atoms with Gasteiger partial charge in [-0.25, -0.2) is 4.39 Å². The van der Waals surface area contributed by atoms with Crippen LogP contribution in [0, 0.1) is 5.82 Å². The number of hydrogen-bond acceptors (Lipinski definition) is 3. The molecule has 0 heterocycles. The second-order valence-electron chi connectivity index (χ2n) is 5.45. The van der Waals surface area contributed by atoms with Crippen LogP contribution in [-0.4, -0.2) is 28.9 Å². The number of β-amino-alcohol motifs (C(OH)–C–C–N with tert-alkyl or cyclic N) is 1. The van der Waals surface area contributed by atoms with Gasteiger partial charge in [0.25, 0.3) is 0 Å². The van der Waals surface area contributed by atoms with E-state index in [-0.39, 0.29) is 18.0 Å². The van der Waals surface area contributed by atoms with Crippen molar-refractivity contribution < 1.29 is 14.6 Å². The van der Waals surface area contributed by atoms with Gasteiger partial charge in [0.15, 0.2) is 0 Å². The van der Waals surface area contributed by atoms with Crippen molar-refractivity contribution in [2.24, 2.45) is 0 Å². The van der Waals surface area contributed by atoms with E-state index in [1.807, 2.05) is 0 Å². The Labute approximate surface area is 113 Å². The maximum Gasteiger partial charge on any atom is 0.123 e. The Morgan fingerprint density at radius 1 is 1.16 bits per heavy atom. The summed E-state index contributed by atoms with van der Waals surface area (Å²) in [6.07, 6.45) is 4.65. The molecular formula is C15H22FNO2. The van der Waals surface area contributed by atoms with E-state index < -0.39 is 6.10 Å². The van der Waals surface area contributed by atoms with Crippen LogP contribution < -0.4 is 5.32 Å². The number of rotatable bonds is 5. The van der Waals surface area contributed by atoms with E-state index in [0.29, 0.717) is 12.1 Å². The third kappa shape index (κ3) is 3.75. The summed E-state index contributed by atoms with van der Waals surface area (Å²) in [7, 11) is 0. The van der Waals surface area contributed by atoms with Gasteiger partial charge in [0, 0.05) is 12.1 Å². The van der Waals surface area contributed by atoms with Gasteiger partial charge in [-0.1, -0.05) is 31.4 Å². The van der Waals surface area contributed by atoms with E-state index in [9.17, 15) is 14.6 Å². The summed E-state index contributed by atoms with van der Waals surface area (Å²) < 4.78 is 12.8. The molecule has 106 valence electrons. The Morgan fingerprint density at radius 3 is 2.37 bits per heavy atom. The molecule has 1 aromatic carbocycles. The quantitative estimate of drug-likeness (QED) is 0.766. The van der Waals surface area contributed by atoms with Gasteiger partial charge in [-0.3, -0.25) is 0 Å². The third-order valence-electron chi connectivity index (χ3n) is 4.04. The topological polar surface area (TPSA) is 52.5 Å². The molecule has 3 nitrogen and oxygen atoms in total. The summed E-state index contributed by atoms with van der Waals surface area (Å²) >= 11 is 0. The third-order valence-corrected chi connectivity index (χ3v) is 4.04. The minimum atomic E-state index is -0.675. The predicted octanol–water partition coefficient (Wildman–Crippen LogP) is 2.14. The molecule has 4 heteroatoms. The van der Waals surface area contributed by atoms with E-state index >= 15 is 0 Å². The molecule has 1 aromatic rings. The van der Waals surface area contributed by atoms with Gasteiger partial charge >= 0.3 is 0 Å². The van der Waals surface area contributed by atoms with Gasteiger partial charge in [0.05, 0.1) is 12.7 Å². The second-order valence-corrected chi connectivity index (χ2v) is 5.45. The van der Waals surface area contributed by atoms with Crippen LogP contribution in [-0.2, 0) is 0 Å². The van der Waals surface area contributed by atoms with Gasteiger partial charge in [0.1, 0.15) is 5.82 Å². The molecule has 0 bridgehead atoms. The molecule has 0 amide bonds. The van der Waals surface area contributed by atoms with Crippen LogP contribution in [0.15, 0.2) is 24.3 Å². The second kappa shape index (κ2) is 6.46. The Hall–Kier alpha value is -0.970. The lowest BCUT2D eigenvalue weighted by Crippen LogP contribution is -2.51. The molecule has 3 N–H and O–H groups in total. The first-order chi connectivity index (χ1) is 9.15. The SMILES string of the molecule is OCC1(NCC(O)c2ccc(F)cc2)CCCCC1. The number of hydrogen-bond donors (Lipinski definition) is 3. The van der Waals surface area contributed by atoms with Crippen LogP contribution in [0.3, 0.4) is 0 Å². The van der Waals surface area contributed by atoms with Crippen molar-refractivity contribution in [3.8, 4) is 0 Å². The fourth-order valence-electron chi connectivity index (χ4n) is 2.74. The average Bonchev–Trinajstić information content (AvgIpc) is 2.46. The molecule has 0 radical (unpaired) electrons. The highest BCUT2D eigenvalue weighted by atomic mass is 19.1. The largest absolute Gasteiger partial charge is 0.394 e. The summed E-state index contributed by atoms with van der Waals surface area (Å²) in [5.74, 6) is -0.303. The van der Waals surface area contributed by atoms with Crippen molar-refractivity contribution in [3.05, 3.63) is 35.6 Å². The first-order valence-corrected chi connectivity index (χ1v) is 6.95. The van der Waals surface area contributed by atoms with E-state index in [1.54, 1.807) is 12.1 Å². The highest BCUT2D eigenvalue weighted by Crippen LogP contribution is 2.28. The van der Waals surface area contributed by atoms with Gasteiger partial charge in [0.2, 0.25) is 0 Å². The molecule has 2 rings (SSSR count). The van der Waals surface area contributed by atoms with Crippen molar-refractivity contribution >= 4 is 0 Å². The molecule has 0 aromatic heterocycles. The Bertz CT molecular complexity index is 388. The van der Waals surface area contributed by atoms with Crippen molar-refractivity contribution in [1.82, 2.24) is 5.32 Å². The minimum Gasteiger partial charge on any atom is -0.394 e. The number of benzene rings is 1. The van der Waals surface area contributed by atoms with E-state index in [1.165, 1.54) is 18.6 Å². The molecule has 1 saturated carbocycles. The molecule has 0 aliphatic heterocycles. The highest BCUT2D eigenvalue weighted by molar-refractivity contribution is 5.18. The van der Waals surface area contributed by atoms with Crippen LogP contribution in [0.4, 0.5) is 4.39 Å². The molecular weight excluding hydrogens is 245 g/mol. The lowest BCUT2D eigenvalue weighted by atomic mass is 9.82. The van der Waals surface area contributed by atoms with Crippen LogP contribution in [0.2, 0.25) is 0 Å². The number of halogens is 1. The summed E-state index contributed by atoms with van der Waals surface area (Å²) in [5, 5.41) is 23.0. The Kier molecular flexibility index (Phi) is 4.91. The molecule has 1 fully saturated rings. The van der Waals surface area contributed by atoms with Crippen LogP contribution in [0.5, 0.6) is 0 Å². The normalized spacial score (nSPS) is 20.2. The van der Waals surface area contributed by atoms with Crippen molar-refractivity contribution in [2.75, 3.05) is 13.2 Å².